The number of esters is 1. The summed E-state index contributed by atoms with van der Waals surface area (Å²) in [5.74, 6) is -0.612. The monoisotopic (exact) mass is 568 g/mol. The lowest BCUT2D eigenvalue weighted by molar-refractivity contribution is -0.135. The van der Waals surface area contributed by atoms with E-state index in [-0.39, 0.29) is 32.6 Å². The van der Waals surface area contributed by atoms with E-state index < -0.39 is 30.2 Å². The van der Waals surface area contributed by atoms with Gasteiger partial charge in [-0.3, -0.25) is 0 Å². The van der Waals surface area contributed by atoms with Crippen LogP contribution >= 0.6 is 0 Å². The van der Waals surface area contributed by atoms with Crippen molar-refractivity contribution < 1.29 is 28.6 Å². The highest BCUT2D eigenvalue weighted by Gasteiger charge is 2.23. The zero-order valence-corrected chi connectivity index (χ0v) is 22.9. The van der Waals surface area contributed by atoms with Crippen molar-refractivity contribution in [2.45, 2.75) is 32.1 Å². The van der Waals surface area contributed by atoms with Gasteiger partial charge in [0.15, 0.2) is 0 Å². The molecule has 4 rings (SSSR count). The summed E-state index contributed by atoms with van der Waals surface area (Å²) in [7, 11) is 0. The van der Waals surface area contributed by atoms with Crippen LogP contribution < -0.4 is 16.2 Å². The largest absolute Gasteiger partial charge is 0.444 e. The minimum absolute atomic E-state index is 0.0113. The highest BCUT2D eigenvalue weighted by Crippen LogP contribution is 2.25. The molecule has 0 aromatic heterocycles. The van der Waals surface area contributed by atoms with Crippen LogP contribution in [0.25, 0.3) is 10.8 Å². The Kier molecular flexibility index (Phi) is 10.6. The fourth-order valence-electron chi connectivity index (χ4n) is 4.06. The van der Waals surface area contributed by atoms with Crippen molar-refractivity contribution in [3.63, 3.8) is 0 Å². The second kappa shape index (κ2) is 15.0. The predicted octanol–water partition coefficient (Wildman–Crippen LogP) is 5.14. The van der Waals surface area contributed by atoms with E-state index in [9.17, 15) is 14.4 Å². The van der Waals surface area contributed by atoms with Crippen LogP contribution in [0.2, 0.25) is 0 Å². The molecule has 0 unspecified atom stereocenters. The second-order valence-electron chi connectivity index (χ2n) is 9.35. The van der Waals surface area contributed by atoms with E-state index in [1.54, 1.807) is 36.4 Å². The van der Waals surface area contributed by atoms with E-state index in [4.69, 9.17) is 25.7 Å². The number of carbonyl (C=O) groups is 3. The first-order chi connectivity index (χ1) is 20.4. The van der Waals surface area contributed by atoms with Gasteiger partial charge in [-0.2, -0.15) is 0 Å². The highest BCUT2D eigenvalue weighted by molar-refractivity contribution is 5.98. The number of aliphatic imine (C=N–C) groups is 1. The van der Waals surface area contributed by atoms with E-state index in [0.717, 1.165) is 26.8 Å². The number of guanidine groups is 1. The van der Waals surface area contributed by atoms with Crippen LogP contribution in [0, 0.1) is 0 Å². The summed E-state index contributed by atoms with van der Waals surface area (Å²) in [5, 5.41) is 1.72. The zero-order valence-electron chi connectivity index (χ0n) is 22.9. The molecule has 0 radical (unpaired) electrons. The summed E-state index contributed by atoms with van der Waals surface area (Å²) in [4.78, 5) is 42.7. The minimum Gasteiger partial charge on any atom is -0.444 e. The molecule has 0 aliphatic rings. The van der Waals surface area contributed by atoms with Crippen LogP contribution in [0.1, 0.15) is 24.0 Å². The molecular formula is C32H32N4O6. The fourth-order valence-corrected chi connectivity index (χ4v) is 4.06. The van der Waals surface area contributed by atoms with Crippen molar-refractivity contribution >= 4 is 34.9 Å². The van der Waals surface area contributed by atoms with Crippen LogP contribution in [0.3, 0.4) is 0 Å². The molecule has 10 heteroatoms. The summed E-state index contributed by atoms with van der Waals surface area (Å²) in [6.07, 6.45) is -1.38. The first kappa shape index (κ1) is 29.8. The van der Waals surface area contributed by atoms with E-state index >= 15 is 0 Å². The Balaban J connectivity index is 1.37. The van der Waals surface area contributed by atoms with Gasteiger partial charge in [-0.15, -0.1) is 4.99 Å². The smallest absolute Gasteiger partial charge is 0.437 e. The molecule has 2 amide bonds. The molecule has 0 saturated heterocycles. The maximum absolute atomic E-state index is 13.0. The molecule has 0 spiro atoms. The number of fused-ring (bicyclic) bond motifs is 1. The Morgan fingerprint density at radius 1 is 0.762 bits per heavy atom. The molecule has 0 aliphatic heterocycles. The zero-order chi connectivity index (χ0) is 29.7. The topological polar surface area (TPSA) is 147 Å². The first-order valence-electron chi connectivity index (χ1n) is 13.4. The fraction of sp³-hybridized carbons (Fsp3) is 0.188. The lowest BCUT2D eigenvalue weighted by Gasteiger charge is -2.21. The Labute approximate surface area is 243 Å². The van der Waals surface area contributed by atoms with Gasteiger partial charge < -0.3 is 25.7 Å². The molecule has 0 saturated carbocycles. The predicted molar refractivity (Wildman–Crippen MR) is 158 cm³/mol. The molecule has 4 N–H and O–H groups in total. The summed E-state index contributed by atoms with van der Waals surface area (Å²) in [6, 6.07) is 30.1. The molecule has 4 aromatic carbocycles. The van der Waals surface area contributed by atoms with E-state index in [1.807, 2.05) is 66.7 Å². The molecule has 4 aromatic rings. The third kappa shape index (κ3) is 8.64. The van der Waals surface area contributed by atoms with Gasteiger partial charge in [-0.05, 0) is 35.4 Å². The van der Waals surface area contributed by atoms with E-state index in [2.05, 4.69) is 4.99 Å². The van der Waals surface area contributed by atoms with Crippen LogP contribution in [0.5, 0.6) is 5.75 Å². The third-order valence-corrected chi connectivity index (χ3v) is 6.27. The minimum atomic E-state index is -0.972. The number of nitrogens with two attached hydrogens (primary N) is 2. The third-order valence-electron chi connectivity index (χ3n) is 6.27. The van der Waals surface area contributed by atoms with Crippen molar-refractivity contribution in [3.05, 3.63) is 114 Å². The van der Waals surface area contributed by atoms with Crippen molar-refractivity contribution in [2.24, 2.45) is 16.5 Å². The first-order valence-corrected chi connectivity index (χ1v) is 13.4. The summed E-state index contributed by atoms with van der Waals surface area (Å²) in [6.45, 7) is -0.0501. The summed E-state index contributed by atoms with van der Waals surface area (Å²) in [5.41, 5.74) is 13.7. The van der Waals surface area contributed by atoms with Gasteiger partial charge in [0, 0.05) is 11.9 Å². The molecule has 1 atom stereocenters. The van der Waals surface area contributed by atoms with Gasteiger partial charge in [0.1, 0.15) is 25.0 Å². The number of benzene rings is 4. The number of ether oxygens (including phenoxy) is 3. The Morgan fingerprint density at radius 3 is 2.05 bits per heavy atom. The maximum Gasteiger partial charge on any atom is 0.437 e. The summed E-state index contributed by atoms with van der Waals surface area (Å²) < 4.78 is 16.1. The molecule has 0 aliphatic carbocycles. The quantitative estimate of drug-likeness (QED) is 0.116. The van der Waals surface area contributed by atoms with Gasteiger partial charge in [-0.25, -0.2) is 19.3 Å². The lowest BCUT2D eigenvalue weighted by atomic mass is 10.1. The van der Waals surface area contributed by atoms with Crippen LogP contribution in [0.4, 0.5) is 9.59 Å². The van der Waals surface area contributed by atoms with Crippen molar-refractivity contribution in [2.75, 3.05) is 6.54 Å². The molecule has 10 nitrogen and oxygen atoms in total. The van der Waals surface area contributed by atoms with Crippen molar-refractivity contribution in [3.8, 4) is 5.75 Å². The Hall–Kier alpha value is -5.22. The van der Waals surface area contributed by atoms with Gasteiger partial charge in [0.2, 0.25) is 5.96 Å². The van der Waals surface area contributed by atoms with Crippen molar-refractivity contribution in [1.82, 2.24) is 4.90 Å². The molecule has 0 heterocycles. The Bertz CT molecular complexity index is 1520. The lowest BCUT2D eigenvalue weighted by Crippen LogP contribution is -2.44. The van der Waals surface area contributed by atoms with E-state index in [0.29, 0.717) is 5.75 Å². The molecule has 0 fully saturated rings. The van der Waals surface area contributed by atoms with Crippen molar-refractivity contribution in [1.29, 1.82) is 0 Å². The number of amides is 2. The second-order valence-corrected chi connectivity index (χ2v) is 9.35. The molecule has 0 bridgehead atoms. The van der Waals surface area contributed by atoms with Gasteiger partial charge in [0.25, 0.3) is 0 Å². The van der Waals surface area contributed by atoms with Crippen LogP contribution in [-0.2, 0) is 27.5 Å². The summed E-state index contributed by atoms with van der Waals surface area (Å²) >= 11 is 0. The molecule has 42 heavy (non-hydrogen) atoms. The highest BCUT2D eigenvalue weighted by atomic mass is 16.6. The number of hydrogen-bond acceptors (Lipinski definition) is 7. The average molecular weight is 569 g/mol. The Morgan fingerprint density at radius 2 is 1.36 bits per heavy atom. The van der Waals surface area contributed by atoms with Gasteiger partial charge in [0.05, 0.1) is 0 Å². The van der Waals surface area contributed by atoms with E-state index in [1.165, 1.54) is 0 Å². The van der Waals surface area contributed by atoms with Crippen LogP contribution in [0.15, 0.2) is 108 Å². The average Bonchev–Trinajstić information content (AvgIpc) is 3.02. The molecule has 216 valence electrons. The number of hydrogen-bond donors (Lipinski definition) is 2. The maximum atomic E-state index is 13.0. The standard InChI is InChI=1S/C32H32N4O6/c33-27(29(37)42-28-19-9-16-25-15-7-8-17-26(25)28)18-10-20-36(32(39)41-22-24-13-5-2-6-14-24)30(34)35-31(38)40-21-23-11-3-1-4-12-23/h1-9,11-17,19,27H,10,18,20-22,33H2,(H2,34,35,38)/t27-/m0/s1. The number of carbonyl (C=O) groups excluding carboxylic acids is 3. The van der Waals surface area contributed by atoms with Gasteiger partial charge >= 0.3 is 18.2 Å². The number of rotatable bonds is 10. The van der Waals surface area contributed by atoms with Crippen LogP contribution in [-0.4, -0.2) is 41.6 Å². The SMILES string of the molecule is NC(=NC(=O)OCc1ccccc1)N(CCC[C@H](N)C(=O)Oc1cccc2ccccc12)C(=O)OCc1ccccc1. The van der Waals surface area contributed by atoms with Gasteiger partial charge in [-0.1, -0.05) is 97.1 Å². The normalized spacial score (nSPS) is 11.9. The molecular weight excluding hydrogens is 536 g/mol. The number of nitrogens with zero attached hydrogens (tertiary/aromatic N) is 2.